The molecule has 7 nitrogen and oxygen atoms in total. The molecule has 1 aromatic rings. The zero-order valence-electron chi connectivity index (χ0n) is 11.9. The van der Waals surface area contributed by atoms with E-state index in [1.165, 1.54) is 11.8 Å². The zero-order valence-corrected chi connectivity index (χ0v) is 12.7. The van der Waals surface area contributed by atoms with Crippen LogP contribution in [0.2, 0.25) is 0 Å². The summed E-state index contributed by atoms with van der Waals surface area (Å²) < 4.78 is 7.44. The van der Waals surface area contributed by atoms with Crippen molar-refractivity contribution < 1.29 is 9.53 Å². The quantitative estimate of drug-likeness (QED) is 0.763. The van der Waals surface area contributed by atoms with Crippen molar-refractivity contribution in [2.24, 2.45) is 11.7 Å². The summed E-state index contributed by atoms with van der Waals surface area (Å²) in [5.74, 6) is 1.20. The Morgan fingerprint density at radius 2 is 2.10 bits per heavy atom. The minimum absolute atomic E-state index is 0.222. The minimum Gasteiger partial charge on any atom is -0.378 e. The van der Waals surface area contributed by atoms with Crippen LogP contribution in [-0.2, 0) is 16.1 Å². The van der Waals surface area contributed by atoms with E-state index < -0.39 is 0 Å². The molecule has 0 aliphatic carbocycles. The van der Waals surface area contributed by atoms with E-state index in [1.54, 1.807) is 0 Å². The number of thioether (sulfide) groups is 1. The van der Waals surface area contributed by atoms with E-state index in [2.05, 4.69) is 33.5 Å². The van der Waals surface area contributed by atoms with Gasteiger partial charge in [-0.15, -0.1) is 10.2 Å². The summed E-state index contributed by atoms with van der Waals surface area (Å²) in [6.07, 6.45) is 0. The summed E-state index contributed by atoms with van der Waals surface area (Å²) in [6, 6.07) is 0. The molecule has 0 unspecified atom stereocenters. The number of carbonyl (C=O) groups is 1. The summed E-state index contributed by atoms with van der Waals surface area (Å²) in [4.78, 5) is 13.1. The maximum Gasteiger partial charge on any atom is 0.228 e. The molecular formula is C12H21N5O2S. The van der Waals surface area contributed by atoms with Gasteiger partial charge < -0.3 is 15.4 Å². The smallest absolute Gasteiger partial charge is 0.228 e. The Labute approximate surface area is 122 Å². The van der Waals surface area contributed by atoms with Crippen molar-refractivity contribution >= 4 is 23.6 Å². The molecule has 1 fully saturated rings. The summed E-state index contributed by atoms with van der Waals surface area (Å²) in [5, 5.41) is 9.23. The Morgan fingerprint density at radius 3 is 2.70 bits per heavy atom. The third-order valence-corrected chi connectivity index (χ3v) is 3.87. The maximum absolute atomic E-state index is 10.9. The molecule has 1 aliphatic rings. The molecule has 2 N–H and O–H groups in total. The average Bonchev–Trinajstić information content (AvgIpc) is 2.79. The van der Waals surface area contributed by atoms with Crippen molar-refractivity contribution in [1.82, 2.24) is 14.8 Å². The Bertz CT molecular complexity index is 457. The van der Waals surface area contributed by atoms with Gasteiger partial charge in [0.2, 0.25) is 11.9 Å². The lowest BCUT2D eigenvalue weighted by atomic mass is 10.2. The second-order valence-electron chi connectivity index (χ2n) is 5.14. The number of hydrogen-bond acceptors (Lipinski definition) is 6. The number of nitrogens with two attached hydrogens (primary N) is 1. The van der Waals surface area contributed by atoms with Gasteiger partial charge in [0.1, 0.15) is 0 Å². The SMILES string of the molecule is CC(C)Cn1c(SCC(N)=O)nnc1N1CCOCC1. The van der Waals surface area contributed by atoms with Gasteiger partial charge in [-0.2, -0.15) is 0 Å². The predicted molar refractivity (Wildman–Crippen MR) is 77.8 cm³/mol. The van der Waals surface area contributed by atoms with Crippen molar-refractivity contribution in [1.29, 1.82) is 0 Å². The number of anilines is 1. The lowest BCUT2D eigenvalue weighted by Gasteiger charge is -2.28. The number of hydrogen-bond donors (Lipinski definition) is 1. The number of nitrogens with zero attached hydrogens (tertiary/aromatic N) is 4. The summed E-state index contributed by atoms with van der Waals surface area (Å²) in [7, 11) is 0. The highest BCUT2D eigenvalue weighted by Crippen LogP contribution is 2.23. The first-order chi connectivity index (χ1) is 9.58. The van der Waals surface area contributed by atoms with E-state index in [0.717, 1.165) is 30.7 Å². The number of amides is 1. The molecule has 0 saturated carbocycles. The van der Waals surface area contributed by atoms with E-state index >= 15 is 0 Å². The molecule has 0 bridgehead atoms. The lowest BCUT2D eigenvalue weighted by molar-refractivity contribution is -0.115. The van der Waals surface area contributed by atoms with Crippen molar-refractivity contribution in [2.75, 3.05) is 37.0 Å². The molecule has 112 valence electrons. The fraction of sp³-hybridized carbons (Fsp3) is 0.750. The Morgan fingerprint density at radius 1 is 1.40 bits per heavy atom. The second kappa shape index (κ2) is 6.94. The van der Waals surface area contributed by atoms with Gasteiger partial charge in [0.05, 0.1) is 19.0 Å². The molecule has 1 aromatic heterocycles. The van der Waals surface area contributed by atoms with Crippen LogP contribution in [0, 0.1) is 5.92 Å². The first-order valence-electron chi connectivity index (χ1n) is 6.75. The summed E-state index contributed by atoms with van der Waals surface area (Å²) >= 11 is 1.34. The zero-order chi connectivity index (χ0) is 14.5. The second-order valence-corrected chi connectivity index (χ2v) is 6.08. The fourth-order valence-electron chi connectivity index (χ4n) is 2.05. The minimum atomic E-state index is -0.345. The monoisotopic (exact) mass is 299 g/mol. The van der Waals surface area contributed by atoms with Crippen LogP contribution >= 0.6 is 11.8 Å². The van der Waals surface area contributed by atoms with Crippen LogP contribution in [0.15, 0.2) is 5.16 Å². The molecule has 2 rings (SSSR count). The molecule has 1 amide bonds. The Balaban J connectivity index is 2.19. The number of carbonyl (C=O) groups excluding carboxylic acids is 1. The van der Waals surface area contributed by atoms with E-state index in [9.17, 15) is 4.79 Å². The van der Waals surface area contributed by atoms with Crippen LogP contribution in [0.25, 0.3) is 0 Å². The highest BCUT2D eigenvalue weighted by Gasteiger charge is 2.21. The topological polar surface area (TPSA) is 86.3 Å². The molecule has 0 radical (unpaired) electrons. The predicted octanol–water partition coefficient (Wildman–Crippen LogP) is 0.348. The summed E-state index contributed by atoms with van der Waals surface area (Å²) in [5.41, 5.74) is 5.20. The van der Waals surface area contributed by atoms with Crippen LogP contribution in [0.5, 0.6) is 0 Å². The number of aromatic nitrogens is 3. The van der Waals surface area contributed by atoms with Gasteiger partial charge in [0.15, 0.2) is 5.16 Å². The number of primary amides is 1. The van der Waals surface area contributed by atoms with Crippen molar-refractivity contribution in [3.05, 3.63) is 0 Å². The standard InChI is InChI=1S/C12H21N5O2S/c1-9(2)7-17-11(16-3-5-19-6-4-16)14-15-12(17)20-8-10(13)18/h9H,3-8H2,1-2H3,(H2,13,18). The van der Waals surface area contributed by atoms with E-state index in [4.69, 9.17) is 10.5 Å². The van der Waals surface area contributed by atoms with E-state index in [-0.39, 0.29) is 11.7 Å². The molecule has 20 heavy (non-hydrogen) atoms. The normalized spacial score (nSPS) is 15.8. The van der Waals surface area contributed by atoms with E-state index in [0.29, 0.717) is 19.1 Å². The lowest BCUT2D eigenvalue weighted by Crippen LogP contribution is -2.38. The van der Waals surface area contributed by atoms with Gasteiger partial charge in [0, 0.05) is 19.6 Å². The average molecular weight is 299 g/mol. The van der Waals surface area contributed by atoms with Crippen LogP contribution in [0.4, 0.5) is 5.95 Å². The third-order valence-electron chi connectivity index (χ3n) is 2.88. The van der Waals surface area contributed by atoms with Gasteiger partial charge in [-0.25, -0.2) is 0 Å². The molecule has 0 atom stereocenters. The largest absolute Gasteiger partial charge is 0.378 e. The molecule has 1 saturated heterocycles. The molecule has 8 heteroatoms. The molecule has 1 aliphatic heterocycles. The molecule has 0 spiro atoms. The van der Waals surface area contributed by atoms with Crippen LogP contribution in [0.1, 0.15) is 13.8 Å². The summed E-state index contributed by atoms with van der Waals surface area (Å²) in [6.45, 7) is 8.15. The Hall–Kier alpha value is -1.28. The van der Waals surface area contributed by atoms with Gasteiger partial charge in [-0.1, -0.05) is 25.6 Å². The molecule has 0 aromatic carbocycles. The molecule has 2 heterocycles. The number of ether oxygens (including phenoxy) is 1. The van der Waals surface area contributed by atoms with Crippen LogP contribution in [-0.4, -0.2) is 52.7 Å². The first kappa shape index (κ1) is 15.1. The third kappa shape index (κ3) is 3.86. The first-order valence-corrected chi connectivity index (χ1v) is 7.73. The number of rotatable bonds is 6. The highest BCUT2D eigenvalue weighted by molar-refractivity contribution is 7.99. The van der Waals surface area contributed by atoms with Crippen molar-refractivity contribution in [3.8, 4) is 0 Å². The Kier molecular flexibility index (Phi) is 5.24. The maximum atomic E-state index is 10.9. The highest BCUT2D eigenvalue weighted by atomic mass is 32.2. The van der Waals surface area contributed by atoms with Crippen molar-refractivity contribution in [3.63, 3.8) is 0 Å². The van der Waals surface area contributed by atoms with Crippen LogP contribution < -0.4 is 10.6 Å². The van der Waals surface area contributed by atoms with Gasteiger partial charge in [-0.3, -0.25) is 9.36 Å². The molecular weight excluding hydrogens is 278 g/mol. The van der Waals surface area contributed by atoms with Crippen LogP contribution in [0.3, 0.4) is 0 Å². The van der Waals surface area contributed by atoms with Gasteiger partial charge in [-0.05, 0) is 5.92 Å². The van der Waals surface area contributed by atoms with Crippen molar-refractivity contribution in [2.45, 2.75) is 25.5 Å². The number of morpholine rings is 1. The van der Waals surface area contributed by atoms with E-state index in [1.807, 2.05) is 0 Å². The van der Waals surface area contributed by atoms with Gasteiger partial charge >= 0.3 is 0 Å². The van der Waals surface area contributed by atoms with Gasteiger partial charge in [0.25, 0.3) is 0 Å². The fourth-order valence-corrected chi connectivity index (χ4v) is 2.73.